The standard InChI is InChI=1S/C17H25NO2.4C17H26O3.C15H24N2O/c1-13(18)10-17(19)15-8-5-9-16(11-15)20-12-14-6-3-2-4-7-14;4*1-2-5-17(19)14-7-4-9-16(11-14)20-12-13-6-3-8-15(18)10-13;16-9-10-17-14-7-4-8-15(11-14)18-12-13-5-2-1-3-6-13/h5,8-9,11,14,17-19H,2-4,6-7,10,12H2,1H3;4*4,7,9,11,13,15,17-19H,2-3,5-6,8,10,12H2,1H3;4,7-8,11,13,17H,1-3,5-6,9-10,12,16H2/t;13-,15+,17+;13-,15+,17-;13-,15-,17+;13-,15-,17-;/m.0101./s1. The van der Waals surface area contributed by atoms with Gasteiger partial charge in [-0.05, 0) is 271 Å². The van der Waals surface area contributed by atoms with Crippen LogP contribution in [0.15, 0.2) is 146 Å². The van der Waals surface area contributed by atoms with Gasteiger partial charge in [-0.2, -0.15) is 0 Å². The number of hydrogen-bond donors (Lipinski definition) is 12. The van der Waals surface area contributed by atoms with Crippen LogP contribution in [0.3, 0.4) is 0 Å². The van der Waals surface area contributed by atoms with Gasteiger partial charge in [-0.25, -0.2) is 0 Å². The van der Waals surface area contributed by atoms with Gasteiger partial charge in [0.25, 0.3) is 0 Å². The maximum atomic E-state index is 10.0. The molecule has 6 aliphatic carbocycles. The number of rotatable bonds is 36. The van der Waals surface area contributed by atoms with Crippen LogP contribution < -0.4 is 39.5 Å². The van der Waals surface area contributed by atoms with Gasteiger partial charge in [0.05, 0.1) is 94.6 Å². The molecule has 13 atom stereocenters. The molecule has 12 rings (SSSR count). The first-order valence-electron chi connectivity index (χ1n) is 45.8. The second-order valence-electron chi connectivity index (χ2n) is 34.4. The first-order chi connectivity index (χ1) is 57.3. The molecule has 118 heavy (non-hydrogen) atoms. The molecule has 0 aromatic heterocycles. The molecule has 6 saturated carbocycles. The molecule has 6 aromatic carbocycles. The fourth-order valence-electron chi connectivity index (χ4n) is 16.8. The summed E-state index contributed by atoms with van der Waals surface area (Å²) in [6.45, 7) is 15.7. The average Bonchev–Trinajstić information content (AvgIpc) is 0.887. The van der Waals surface area contributed by atoms with E-state index in [-0.39, 0.29) is 24.4 Å². The van der Waals surface area contributed by atoms with E-state index in [9.17, 15) is 46.0 Å². The van der Waals surface area contributed by atoms with Gasteiger partial charge in [-0.15, -0.1) is 0 Å². The maximum Gasteiger partial charge on any atom is 0.121 e. The lowest BCUT2D eigenvalue weighted by molar-refractivity contribution is 0.0807. The van der Waals surface area contributed by atoms with Crippen LogP contribution in [0.4, 0.5) is 5.69 Å². The summed E-state index contributed by atoms with van der Waals surface area (Å²) in [7, 11) is 0. The lowest BCUT2D eigenvalue weighted by Crippen LogP contribution is -2.24. The number of aliphatic hydroxyl groups is 9. The Morgan fingerprint density at radius 1 is 0.339 bits per heavy atom. The highest BCUT2D eigenvalue weighted by molar-refractivity contribution is 5.79. The average molecular weight is 1640 g/mol. The molecule has 0 bridgehead atoms. The number of nitrogens with two attached hydrogens (primary N) is 1. The SMILES string of the molecule is CC(=N)CC(O)c1cccc(OCC2CCCCC2)c1.CCC[C@@H](O)c1cccc(OC[C@@H]2CCC[C@@H](O)C2)c1.CCC[C@@H](O)c1cccc(OC[C@@H]2CCC[C@H](O)C2)c1.CCC[C@@H](O)c1cccc(OC[C@H]2CCC[C@@H](O)C2)c1.CCC[C@@H](O)c1cccc(OC[C@H]2CCC[C@H](O)C2)c1.NCCNc1cccc(OCC2CCCCC2)c1. The number of anilines is 1. The van der Waals surface area contributed by atoms with E-state index in [1.165, 1.54) is 64.2 Å². The van der Waals surface area contributed by atoms with Crippen molar-refractivity contribution < 1.29 is 74.4 Å². The number of hydrogen-bond acceptors (Lipinski definition) is 18. The molecule has 658 valence electrons. The third kappa shape index (κ3) is 39.8. The number of benzene rings is 6. The molecule has 13 N–H and O–H groups in total. The Bertz CT molecular complexity index is 3300. The molecule has 6 aliphatic rings. The predicted molar refractivity (Wildman–Crippen MR) is 477 cm³/mol. The summed E-state index contributed by atoms with van der Waals surface area (Å²) >= 11 is 0. The van der Waals surface area contributed by atoms with Gasteiger partial charge >= 0.3 is 0 Å². The van der Waals surface area contributed by atoms with Crippen LogP contribution in [0.1, 0.15) is 318 Å². The summed E-state index contributed by atoms with van der Waals surface area (Å²) in [5.74, 6) is 8.28. The van der Waals surface area contributed by atoms with Crippen molar-refractivity contribution in [1.82, 2.24) is 0 Å². The van der Waals surface area contributed by atoms with E-state index >= 15 is 0 Å². The lowest BCUT2D eigenvalue weighted by Gasteiger charge is -2.25. The largest absolute Gasteiger partial charge is 0.493 e. The predicted octanol–water partition coefficient (Wildman–Crippen LogP) is 20.9. The monoisotopic (exact) mass is 1640 g/mol. The molecule has 6 aromatic rings. The van der Waals surface area contributed by atoms with Crippen LogP contribution in [-0.2, 0) is 0 Å². The van der Waals surface area contributed by atoms with Gasteiger partial charge in [0.1, 0.15) is 34.5 Å². The summed E-state index contributed by atoms with van der Waals surface area (Å²) in [6.07, 6.45) is 33.8. The van der Waals surface area contributed by atoms with Crippen molar-refractivity contribution in [3.8, 4) is 34.5 Å². The maximum absolute atomic E-state index is 10.0. The molecular weight excluding hydrogens is 1480 g/mol. The van der Waals surface area contributed by atoms with Crippen molar-refractivity contribution in [1.29, 1.82) is 5.41 Å². The topological polar surface area (TPSA) is 299 Å². The van der Waals surface area contributed by atoms with E-state index in [0.29, 0.717) is 74.7 Å². The molecular formula is C100H153N3O15. The van der Waals surface area contributed by atoms with E-state index < -0.39 is 30.5 Å². The molecule has 18 heteroatoms. The summed E-state index contributed by atoms with van der Waals surface area (Å²) < 4.78 is 35.1. The molecule has 0 amide bonds. The highest BCUT2D eigenvalue weighted by Crippen LogP contribution is 2.35. The lowest BCUT2D eigenvalue weighted by atomic mass is 9.88. The van der Waals surface area contributed by atoms with Gasteiger partial charge in [-0.3, -0.25) is 0 Å². The quantitative estimate of drug-likeness (QED) is 0.0163. The van der Waals surface area contributed by atoms with E-state index in [1.807, 2.05) is 140 Å². The smallest absolute Gasteiger partial charge is 0.121 e. The zero-order valence-electron chi connectivity index (χ0n) is 72.5. The van der Waals surface area contributed by atoms with Crippen molar-refractivity contribution in [2.24, 2.45) is 41.2 Å². The third-order valence-electron chi connectivity index (χ3n) is 23.7. The number of nitrogens with one attached hydrogen (secondary N) is 2. The van der Waals surface area contributed by atoms with Crippen LogP contribution in [0.25, 0.3) is 0 Å². The minimum Gasteiger partial charge on any atom is -0.493 e. The molecule has 18 nitrogen and oxygen atoms in total. The van der Waals surface area contributed by atoms with Gasteiger partial charge in [-0.1, -0.05) is 184 Å². The molecule has 0 heterocycles. The molecule has 0 radical (unpaired) electrons. The van der Waals surface area contributed by atoms with Gasteiger partial charge in [0.15, 0.2) is 0 Å². The second kappa shape index (κ2) is 57.5. The van der Waals surface area contributed by atoms with Crippen molar-refractivity contribution in [2.45, 2.75) is 314 Å². The summed E-state index contributed by atoms with van der Waals surface area (Å²) in [6, 6.07) is 46.7. The summed E-state index contributed by atoms with van der Waals surface area (Å²) in [5.41, 5.74) is 11.6. The zero-order chi connectivity index (χ0) is 84.5. The Kier molecular flexibility index (Phi) is 47.9. The molecule has 1 unspecified atom stereocenters. The second-order valence-corrected chi connectivity index (χ2v) is 34.4. The van der Waals surface area contributed by atoms with Crippen LogP contribution in [-0.4, -0.2) is 129 Å². The van der Waals surface area contributed by atoms with Crippen molar-refractivity contribution >= 4 is 11.4 Å². The Labute approximate surface area is 708 Å². The minimum atomic E-state index is -0.606. The third-order valence-corrected chi connectivity index (χ3v) is 23.7. The number of aliphatic hydroxyl groups excluding tert-OH is 9. The van der Waals surface area contributed by atoms with E-state index in [2.05, 4.69) is 39.1 Å². The molecule has 6 fully saturated rings. The Morgan fingerprint density at radius 2 is 0.585 bits per heavy atom. The molecule has 0 spiro atoms. The molecule has 0 saturated heterocycles. The highest BCUT2D eigenvalue weighted by Gasteiger charge is 2.26. The Morgan fingerprint density at radius 3 is 0.839 bits per heavy atom. The highest BCUT2D eigenvalue weighted by atomic mass is 16.5. The summed E-state index contributed by atoms with van der Waals surface area (Å²) in [5, 5.41) is 99.4. The zero-order valence-corrected chi connectivity index (χ0v) is 72.5. The van der Waals surface area contributed by atoms with Crippen LogP contribution in [0.5, 0.6) is 34.5 Å². The van der Waals surface area contributed by atoms with Crippen LogP contribution in [0, 0.1) is 40.9 Å². The molecule has 0 aliphatic heterocycles. The first kappa shape index (κ1) is 98.3. The van der Waals surface area contributed by atoms with E-state index in [4.69, 9.17) is 39.6 Å². The van der Waals surface area contributed by atoms with E-state index in [1.54, 1.807) is 6.92 Å². The first-order valence-corrected chi connectivity index (χ1v) is 45.8. The van der Waals surface area contributed by atoms with Gasteiger partial charge in [0.2, 0.25) is 0 Å². The number of ether oxygens (including phenoxy) is 6. The summed E-state index contributed by atoms with van der Waals surface area (Å²) in [4.78, 5) is 0. The van der Waals surface area contributed by atoms with Gasteiger partial charge < -0.3 is 90.8 Å². The van der Waals surface area contributed by atoms with Crippen LogP contribution >= 0.6 is 0 Å². The van der Waals surface area contributed by atoms with Gasteiger partial charge in [0, 0.05) is 37.0 Å². The van der Waals surface area contributed by atoms with Crippen molar-refractivity contribution in [2.75, 3.05) is 58.0 Å². The Hall–Kier alpha value is -6.81. The fraction of sp³-hybridized carbons (Fsp3) is 0.630. The van der Waals surface area contributed by atoms with Crippen molar-refractivity contribution in [3.05, 3.63) is 173 Å². The minimum absolute atomic E-state index is 0.157. The fourth-order valence-corrected chi connectivity index (χ4v) is 16.8. The van der Waals surface area contributed by atoms with E-state index in [0.717, 1.165) is 248 Å². The van der Waals surface area contributed by atoms with Crippen molar-refractivity contribution in [3.63, 3.8) is 0 Å². The van der Waals surface area contributed by atoms with Crippen LogP contribution in [0.2, 0.25) is 0 Å². The normalized spacial score (nSPS) is 22.0. The Balaban J connectivity index is 0.000000196.